The fourth-order valence-corrected chi connectivity index (χ4v) is 3.75. The molecule has 2 aromatic carbocycles. The molecule has 154 valence electrons. The molecular weight excluding hydrogens is 360 g/mol. The Morgan fingerprint density at radius 2 is 1.72 bits per heavy atom. The summed E-state index contributed by atoms with van der Waals surface area (Å²) in [6.45, 7) is 7.31. The average molecular weight is 393 g/mol. The van der Waals surface area contributed by atoms with Crippen molar-refractivity contribution in [3.05, 3.63) is 65.4 Å². The van der Waals surface area contributed by atoms with Crippen LogP contribution in [-0.4, -0.2) is 12.4 Å². The first-order valence-corrected chi connectivity index (χ1v) is 11.0. The van der Waals surface area contributed by atoms with E-state index in [0.29, 0.717) is 23.7 Å². The van der Waals surface area contributed by atoms with Gasteiger partial charge in [-0.2, -0.15) is 0 Å². The van der Waals surface area contributed by atoms with Crippen LogP contribution in [0.3, 0.4) is 0 Å². The van der Waals surface area contributed by atoms with Crippen molar-refractivity contribution in [1.29, 1.82) is 0 Å². The van der Waals surface area contributed by atoms with Gasteiger partial charge in [-0.05, 0) is 49.1 Å². The number of aryl methyl sites for hydroxylation is 1. The van der Waals surface area contributed by atoms with E-state index in [1.807, 2.05) is 48.5 Å². The van der Waals surface area contributed by atoms with E-state index in [1.54, 1.807) is 0 Å². The van der Waals surface area contributed by atoms with Crippen molar-refractivity contribution in [1.82, 2.24) is 0 Å². The SMILES string of the molecule is CCCCc1oc2ccccc2c1C(=O)c1ccc(OCCC(CC)CC)cc1. The maximum absolute atomic E-state index is 13.3. The zero-order valence-corrected chi connectivity index (χ0v) is 17.9. The molecule has 3 aromatic rings. The molecule has 0 aliphatic carbocycles. The first-order valence-electron chi connectivity index (χ1n) is 11.0. The van der Waals surface area contributed by atoms with Crippen LogP contribution in [0.4, 0.5) is 0 Å². The van der Waals surface area contributed by atoms with Crippen LogP contribution >= 0.6 is 0 Å². The molecule has 1 heterocycles. The maximum atomic E-state index is 13.3. The van der Waals surface area contributed by atoms with Gasteiger partial charge >= 0.3 is 0 Å². The Hall–Kier alpha value is -2.55. The number of carbonyl (C=O) groups excluding carboxylic acids is 1. The van der Waals surface area contributed by atoms with E-state index in [4.69, 9.17) is 9.15 Å². The van der Waals surface area contributed by atoms with Crippen LogP contribution in [0.1, 0.15) is 74.6 Å². The summed E-state index contributed by atoms with van der Waals surface area (Å²) in [6.07, 6.45) is 6.29. The Bertz CT molecular complexity index is 917. The number of unbranched alkanes of at least 4 members (excludes halogenated alkanes) is 1. The molecule has 3 heteroatoms. The number of carbonyl (C=O) groups is 1. The zero-order valence-electron chi connectivity index (χ0n) is 17.9. The van der Waals surface area contributed by atoms with Crippen molar-refractivity contribution in [3.8, 4) is 5.75 Å². The van der Waals surface area contributed by atoms with Gasteiger partial charge in [0.05, 0.1) is 12.2 Å². The summed E-state index contributed by atoms with van der Waals surface area (Å²) in [5, 5.41) is 0.897. The van der Waals surface area contributed by atoms with Crippen LogP contribution in [0.5, 0.6) is 5.75 Å². The molecule has 3 nitrogen and oxygen atoms in total. The molecule has 29 heavy (non-hydrogen) atoms. The van der Waals surface area contributed by atoms with Gasteiger partial charge in [-0.15, -0.1) is 0 Å². The highest BCUT2D eigenvalue weighted by molar-refractivity contribution is 6.16. The lowest BCUT2D eigenvalue weighted by atomic mass is 9.98. The Balaban J connectivity index is 1.76. The predicted octanol–water partition coefficient (Wildman–Crippen LogP) is 7.21. The standard InChI is InChI=1S/C26H32O3/c1-4-7-11-24-25(22-10-8-9-12-23(22)29-24)26(27)20-13-15-21(16-14-20)28-18-17-19(5-2)6-3/h8-10,12-16,19H,4-7,11,17-18H2,1-3H3. The van der Waals surface area contributed by atoms with Gasteiger partial charge in [-0.3, -0.25) is 4.79 Å². The van der Waals surface area contributed by atoms with Crippen molar-refractivity contribution < 1.29 is 13.9 Å². The van der Waals surface area contributed by atoms with Crippen LogP contribution in [0, 0.1) is 5.92 Å². The number of ether oxygens (including phenoxy) is 1. The maximum Gasteiger partial charge on any atom is 0.197 e. The van der Waals surface area contributed by atoms with E-state index in [9.17, 15) is 4.79 Å². The third kappa shape index (κ3) is 5.09. The van der Waals surface area contributed by atoms with Crippen LogP contribution in [0.2, 0.25) is 0 Å². The summed E-state index contributed by atoms with van der Waals surface area (Å²) in [5.41, 5.74) is 2.15. The summed E-state index contributed by atoms with van der Waals surface area (Å²) in [5.74, 6) is 2.34. The number of hydrogen-bond donors (Lipinski definition) is 0. The summed E-state index contributed by atoms with van der Waals surface area (Å²) in [4.78, 5) is 13.3. The lowest BCUT2D eigenvalue weighted by Gasteiger charge is -2.13. The first kappa shape index (κ1) is 21.2. The van der Waals surface area contributed by atoms with Gasteiger partial charge in [-0.25, -0.2) is 0 Å². The zero-order chi connectivity index (χ0) is 20.6. The molecule has 3 rings (SSSR count). The molecule has 0 saturated heterocycles. The van der Waals surface area contributed by atoms with Crippen LogP contribution in [-0.2, 0) is 6.42 Å². The van der Waals surface area contributed by atoms with Gasteiger partial charge in [0, 0.05) is 17.4 Å². The molecule has 0 unspecified atom stereocenters. The highest BCUT2D eigenvalue weighted by Crippen LogP contribution is 2.30. The second kappa shape index (κ2) is 10.3. The Morgan fingerprint density at radius 1 is 1.00 bits per heavy atom. The van der Waals surface area contributed by atoms with Crippen molar-refractivity contribution in [2.45, 2.75) is 59.3 Å². The summed E-state index contributed by atoms with van der Waals surface area (Å²) < 4.78 is 11.9. The lowest BCUT2D eigenvalue weighted by molar-refractivity contribution is 0.103. The number of hydrogen-bond acceptors (Lipinski definition) is 3. The minimum absolute atomic E-state index is 0.0182. The van der Waals surface area contributed by atoms with Crippen molar-refractivity contribution >= 4 is 16.8 Å². The molecular formula is C26H32O3. The number of fused-ring (bicyclic) bond motifs is 1. The van der Waals surface area contributed by atoms with Gasteiger partial charge in [0.2, 0.25) is 0 Å². The molecule has 0 N–H and O–H groups in total. The van der Waals surface area contributed by atoms with Crippen LogP contribution in [0.25, 0.3) is 11.0 Å². The Labute approximate surface area is 174 Å². The highest BCUT2D eigenvalue weighted by Gasteiger charge is 2.21. The fraction of sp³-hybridized carbons (Fsp3) is 0.423. The molecule has 0 fully saturated rings. The van der Waals surface area contributed by atoms with Gasteiger partial charge in [-0.1, -0.05) is 58.2 Å². The second-order valence-electron chi connectivity index (χ2n) is 7.67. The third-order valence-corrected chi connectivity index (χ3v) is 5.72. The van der Waals surface area contributed by atoms with Crippen LogP contribution in [0.15, 0.2) is 52.9 Å². The number of ketones is 1. The normalized spacial score (nSPS) is 11.3. The topological polar surface area (TPSA) is 39.4 Å². The van der Waals surface area contributed by atoms with Gasteiger partial charge in [0.15, 0.2) is 5.78 Å². The van der Waals surface area contributed by atoms with E-state index in [1.165, 1.54) is 12.8 Å². The van der Waals surface area contributed by atoms with E-state index in [2.05, 4.69) is 20.8 Å². The van der Waals surface area contributed by atoms with Crippen molar-refractivity contribution in [2.75, 3.05) is 6.61 Å². The van der Waals surface area contributed by atoms with E-state index < -0.39 is 0 Å². The molecule has 0 bridgehead atoms. The molecule has 1 aromatic heterocycles. The Morgan fingerprint density at radius 3 is 2.41 bits per heavy atom. The van der Waals surface area contributed by atoms with Crippen molar-refractivity contribution in [2.24, 2.45) is 5.92 Å². The van der Waals surface area contributed by atoms with Gasteiger partial charge in [0.1, 0.15) is 17.1 Å². The second-order valence-corrected chi connectivity index (χ2v) is 7.67. The summed E-state index contributed by atoms with van der Waals surface area (Å²) in [7, 11) is 0. The number of furan rings is 1. The minimum Gasteiger partial charge on any atom is -0.494 e. The molecule has 0 amide bonds. The molecule has 0 atom stereocenters. The fourth-order valence-electron chi connectivity index (χ4n) is 3.75. The van der Waals surface area contributed by atoms with Gasteiger partial charge in [0.25, 0.3) is 0 Å². The van der Waals surface area contributed by atoms with Gasteiger partial charge < -0.3 is 9.15 Å². The van der Waals surface area contributed by atoms with E-state index in [0.717, 1.165) is 48.2 Å². The summed E-state index contributed by atoms with van der Waals surface area (Å²) in [6, 6.07) is 15.3. The monoisotopic (exact) mass is 392 g/mol. The molecule has 0 radical (unpaired) electrons. The lowest BCUT2D eigenvalue weighted by Crippen LogP contribution is -2.06. The summed E-state index contributed by atoms with van der Waals surface area (Å²) >= 11 is 0. The largest absolute Gasteiger partial charge is 0.494 e. The first-order chi connectivity index (χ1) is 14.2. The number of benzene rings is 2. The molecule has 0 spiro atoms. The van der Waals surface area contributed by atoms with E-state index >= 15 is 0 Å². The highest BCUT2D eigenvalue weighted by atomic mass is 16.5. The molecule has 0 saturated carbocycles. The van der Waals surface area contributed by atoms with Crippen LogP contribution < -0.4 is 4.74 Å². The minimum atomic E-state index is 0.0182. The molecule has 0 aliphatic rings. The van der Waals surface area contributed by atoms with E-state index in [-0.39, 0.29) is 5.78 Å². The predicted molar refractivity (Wildman–Crippen MR) is 119 cm³/mol. The third-order valence-electron chi connectivity index (χ3n) is 5.72. The Kier molecular flexibility index (Phi) is 7.51. The molecule has 0 aliphatic heterocycles. The number of para-hydroxylation sites is 1. The number of rotatable bonds is 11. The quantitative estimate of drug-likeness (QED) is 0.324. The van der Waals surface area contributed by atoms with Crippen molar-refractivity contribution in [3.63, 3.8) is 0 Å². The average Bonchev–Trinajstić information content (AvgIpc) is 3.13. The smallest absolute Gasteiger partial charge is 0.197 e.